The van der Waals surface area contributed by atoms with Gasteiger partial charge in [-0.25, -0.2) is 0 Å². The minimum Gasteiger partial charge on any atom is -0.507 e. The molecule has 0 fully saturated rings. The molecule has 1 aromatic carbocycles. The molecule has 104 valence electrons. The second-order valence-corrected chi connectivity index (χ2v) is 4.45. The minimum absolute atomic E-state index is 0.0538. The van der Waals surface area contributed by atoms with Crippen molar-refractivity contribution >= 4 is 11.7 Å². The number of hydrogen-bond acceptors (Lipinski definition) is 4. The van der Waals surface area contributed by atoms with Crippen LogP contribution in [0.25, 0.3) is 0 Å². The molecule has 6 nitrogen and oxygen atoms in total. The fourth-order valence-electron chi connectivity index (χ4n) is 1.69. The van der Waals surface area contributed by atoms with E-state index in [0.717, 1.165) is 0 Å². The number of oxime groups is 1. The maximum Gasteiger partial charge on any atom is 0.257 e. The van der Waals surface area contributed by atoms with Crippen LogP contribution >= 0.6 is 0 Å². The number of phenolic OH excluding ortho intramolecular Hbond substituents is 1. The van der Waals surface area contributed by atoms with Crippen molar-refractivity contribution in [3.05, 3.63) is 29.8 Å². The summed E-state index contributed by atoms with van der Waals surface area (Å²) in [4.78, 5) is 13.9. The number of phenols is 1. The quantitative estimate of drug-likeness (QED) is 0.324. The van der Waals surface area contributed by atoms with E-state index in [1.807, 2.05) is 13.8 Å². The van der Waals surface area contributed by atoms with Crippen LogP contribution in [0.4, 0.5) is 0 Å². The zero-order valence-corrected chi connectivity index (χ0v) is 11.1. The summed E-state index contributed by atoms with van der Waals surface area (Å²) < 4.78 is 0. The van der Waals surface area contributed by atoms with Crippen molar-refractivity contribution in [2.45, 2.75) is 26.3 Å². The van der Waals surface area contributed by atoms with Gasteiger partial charge in [-0.05, 0) is 26.0 Å². The molecule has 1 rings (SSSR count). The van der Waals surface area contributed by atoms with Crippen LogP contribution in [0.3, 0.4) is 0 Å². The van der Waals surface area contributed by atoms with Crippen molar-refractivity contribution in [2.75, 3.05) is 6.54 Å². The van der Waals surface area contributed by atoms with Gasteiger partial charge in [0.15, 0.2) is 0 Å². The number of nitrogens with two attached hydrogens (primary N) is 1. The van der Waals surface area contributed by atoms with Gasteiger partial charge in [-0.1, -0.05) is 17.3 Å². The molecule has 0 saturated carbocycles. The average Bonchev–Trinajstić information content (AvgIpc) is 2.38. The molecular formula is C13H19N3O3. The zero-order valence-electron chi connectivity index (χ0n) is 11.1. The Morgan fingerprint density at radius 2 is 2.05 bits per heavy atom. The van der Waals surface area contributed by atoms with Crippen molar-refractivity contribution in [1.82, 2.24) is 4.90 Å². The van der Waals surface area contributed by atoms with E-state index in [1.165, 1.54) is 6.07 Å². The van der Waals surface area contributed by atoms with E-state index in [1.54, 1.807) is 23.1 Å². The van der Waals surface area contributed by atoms with Crippen LogP contribution in [-0.2, 0) is 0 Å². The normalized spacial score (nSPS) is 11.6. The predicted molar refractivity (Wildman–Crippen MR) is 72.3 cm³/mol. The van der Waals surface area contributed by atoms with Crippen LogP contribution in [0.2, 0.25) is 0 Å². The van der Waals surface area contributed by atoms with Crippen molar-refractivity contribution < 1.29 is 15.1 Å². The molecule has 0 spiro atoms. The molecule has 0 bridgehead atoms. The first-order valence-electron chi connectivity index (χ1n) is 6.02. The molecule has 0 saturated heterocycles. The van der Waals surface area contributed by atoms with Crippen molar-refractivity contribution in [1.29, 1.82) is 0 Å². The van der Waals surface area contributed by atoms with Crippen LogP contribution in [-0.4, -0.2) is 39.5 Å². The summed E-state index contributed by atoms with van der Waals surface area (Å²) in [6, 6.07) is 6.32. The number of benzene rings is 1. The smallest absolute Gasteiger partial charge is 0.257 e. The van der Waals surface area contributed by atoms with Gasteiger partial charge in [0.2, 0.25) is 0 Å². The maximum atomic E-state index is 12.3. The Hall–Kier alpha value is -2.24. The number of hydrogen-bond donors (Lipinski definition) is 3. The van der Waals surface area contributed by atoms with Gasteiger partial charge in [-0.15, -0.1) is 0 Å². The Balaban J connectivity index is 2.88. The standard InChI is InChI=1S/C13H19N3O3/c1-9(2)16(8-7-12(14)15-19)13(18)10-5-3-4-6-11(10)17/h3-6,9,17,19H,7-8H2,1-2H3,(H2,14,15). The number of rotatable bonds is 5. The first kappa shape index (κ1) is 14.8. The van der Waals surface area contributed by atoms with Gasteiger partial charge in [-0.2, -0.15) is 0 Å². The third-order valence-electron chi connectivity index (χ3n) is 2.76. The SMILES string of the molecule is CC(C)N(CC/C(N)=N/O)C(=O)c1ccccc1O. The summed E-state index contributed by atoms with van der Waals surface area (Å²) in [6.07, 6.45) is 0.272. The predicted octanol–water partition coefficient (Wildman–Crippen LogP) is 1.38. The first-order chi connectivity index (χ1) is 8.97. The molecular weight excluding hydrogens is 246 g/mol. The summed E-state index contributed by atoms with van der Waals surface area (Å²) in [5.41, 5.74) is 5.65. The minimum atomic E-state index is -0.279. The van der Waals surface area contributed by atoms with Crippen LogP contribution in [0.1, 0.15) is 30.6 Å². The highest BCUT2D eigenvalue weighted by Gasteiger charge is 2.21. The molecule has 0 radical (unpaired) electrons. The summed E-state index contributed by atoms with van der Waals surface area (Å²) in [7, 11) is 0. The third kappa shape index (κ3) is 3.87. The number of aromatic hydroxyl groups is 1. The van der Waals surface area contributed by atoms with E-state index in [9.17, 15) is 9.90 Å². The Labute approximate surface area is 112 Å². The molecule has 0 unspecified atom stereocenters. The summed E-state index contributed by atoms with van der Waals surface area (Å²) in [6.45, 7) is 4.05. The molecule has 6 heteroatoms. The van der Waals surface area contributed by atoms with E-state index in [-0.39, 0.29) is 35.5 Å². The molecule has 19 heavy (non-hydrogen) atoms. The van der Waals surface area contributed by atoms with E-state index in [0.29, 0.717) is 6.54 Å². The van der Waals surface area contributed by atoms with Gasteiger partial charge < -0.3 is 20.9 Å². The Bertz CT molecular complexity index is 472. The lowest BCUT2D eigenvalue weighted by atomic mass is 10.1. The van der Waals surface area contributed by atoms with E-state index in [2.05, 4.69) is 5.16 Å². The summed E-state index contributed by atoms with van der Waals surface area (Å²) >= 11 is 0. The number of amidine groups is 1. The van der Waals surface area contributed by atoms with Gasteiger partial charge in [0.25, 0.3) is 5.91 Å². The van der Waals surface area contributed by atoms with E-state index in [4.69, 9.17) is 10.9 Å². The Kier molecular flexibility index (Phi) is 5.17. The first-order valence-corrected chi connectivity index (χ1v) is 6.02. The molecule has 0 heterocycles. The zero-order chi connectivity index (χ0) is 14.4. The lowest BCUT2D eigenvalue weighted by Crippen LogP contribution is -2.39. The summed E-state index contributed by atoms with van der Waals surface area (Å²) in [5, 5.41) is 21.1. The average molecular weight is 265 g/mol. The molecule has 4 N–H and O–H groups in total. The van der Waals surface area contributed by atoms with Gasteiger partial charge in [0, 0.05) is 19.0 Å². The second-order valence-electron chi connectivity index (χ2n) is 4.45. The summed E-state index contributed by atoms with van der Waals surface area (Å²) in [5.74, 6) is -0.267. The number of carbonyl (C=O) groups excluding carboxylic acids is 1. The van der Waals surface area contributed by atoms with Gasteiger partial charge in [0.1, 0.15) is 11.6 Å². The number of amides is 1. The third-order valence-corrected chi connectivity index (χ3v) is 2.76. The molecule has 0 aliphatic carbocycles. The van der Waals surface area contributed by atoms with Gasteiger partial charge in [-0.3, -0.25) is 4.79 Å². The van der Waals surface area contributed by atoms with E-state index < -0.39 is 0 Å². The van der Waals surface area contributed by atoms with E-state index >= 15 is 0 Å². The number of carbonyl (C=O) groups is 1. The molecule has 0 aromatic heterocycles. The van der Waals surface area contributed by atoms with Gasteiger partial charge in [0.05, 0.1) is 5.56 Å². The highest BCUT2D eigenvalue weighted by atomic mass is 16.4. The monoisotopic (exact) mass is 265 g/mol. The largest absolute Gasteiger partial charge is 0.507 e. The number of nitrogens with zero attached hydrogens (tertiary/aromatic N) is 2. The van der Waals surface area contributed by atoms with Crippen LogP contribution < -0.4 is 5.73 Å². The fraction of sp³-hybridized carbons (Fsp3) is 0.385. The highest BCUT2D eigenvalue weighted by Crippen LogP contribution is 2.19. The molecule has 0 aliphatic rings. The Morgan fingerprint density at radius 1 is 1.42 bits per heavy atom. The lowest BCUT2D eigenvalue weighted by Gasteiger charge is -2.26. The molecule has 1 aromatic rings. The fourth-order valence-corrected chi connectivity index (χ4v) is 1.69. The highest BCUT2D eigenvalue weighted by molar-refractivity contribution is 5.97. The van der Waals surface area contributed by atoms with Crippen LogP contribution in [0.5, 0.6) is 5.75 Å². The number of para-hydroxylation sites is 1. The molecule has 1 amide bonds. The molecule has 0 atom stereocenters. The Morgan fingerprint density at radius 3 is 2.58 bits per heavy atom. The van der Waals surface area contributed by atoms with Crippen LogP contribution in [0.15, 0.2) is 29.4 Å². The van der Waals surface area contributed by atoms with Crippen molar-refractivity contribution in [2.24, 2.45) is 10.9 Å². The lowest BCUT2D eigenvalue weighted by molar-refractivity contribution is 0.0708. The van der Waals surface area contributed by atoms with Crippen molar-refractivity contribution in [3.63, 3.8) is 0 Å². The maximum absolute atomic E-state index is 12.3. The molecule has 0 aliphatic heterocycles. The van der Waals surface area contributed by atoms with Crippen LogP contribution in [0, 0.1) is 0 Å². The van der Waals surface area contributed by atoms with Gasteiger partial charge >= 0.3 is 0 Å². The topological polar surface area (TPSA) is 99.1 Å². The van der Waals surface area contributed by atoms with Crippen molar-refractivity contribution in [3.8, 4) is 5.75 Å². The second kappa shape index (κ2) is 6.63.